The van der Waals surface area contributed by atoms with Crippen LogP contribution in [0.25, 0.3) is 10.9 Å². The number of carbonyl (C=O) groups excluding carboxylic acids is 3. The highest BCUT2D eigenvalue weighted by Gasteiger charge is 2.31. The molecule has 30 heavy (non-hydrogen) atoms. The summed E-state index contributed by atoms with van der Waals surface area (Å²) in [6.07, 6.45) is 1.33. The summed E-state index contributed by atoms with van der Waals surface area (Å²) in [5, 5.41) is 3.68. The van der Waals surface area contributed by atoms with Crippen molar-refractivity contribution in [3.8, 4) is 0 Å². The third-order valence-corrected chi connectivity index (χ3v) is 5.67. The van der Waals surface area contributed by atoms with Crippen molar-refractivity contribution in [1.29, 1.82) is 0 Å². The van der Waals surface area contributed by atoms with E-state index in [9.17, 15) is 14.4 Å². The van der Waals surface area contributed by atoms with Gasteiger partial charge < -0.3 is 19.8 Å². The van der Waals surface area contributed by atoms with Crippen molar-refractivity contribution >= 4 is 34.4 Å². The number of amides is 1. The number of likely N-dealkylation sites (tertiary alicyclic amines) is 1. The highest BCUT2D eigenvalue weighted by atomic mass is 16.5. The van der Waals surface area contributed by atoms with Crippen molar-refractivity contribution < 1.29 is 23.9 Å². The molecular weight excluding hydrogens is 386 g/mol. The molecule has 0 radical (unpaired) electrons. The average Bonchev–Trinajstić information content (AvgIpc) is 3.10. The lowest BCUT2D eigenvalue weighted by Gasteiger charge is -2.34. The van der Waals surface area contributed by atoms with Crippen molar-refractivity contribution in [3.63, 3.8) is 0 Å². The first-order chi connectivity index (χ1) is 14.3. The molecule has 8 nitrogen and oxygen atoms in total. The minimum absolute atomic E-state index is 0.112. The first-order valence-corrected chi connectivity index (χ1v) is 10.3. The maximum atomic E-state index is 13.0. The van der Waals surface area contributed by atoms with Gasteiger partial charge in [-0.1, -0.05) is 11.6 Å². The Morgan fingerprint density at radius 2 is 1.97 bits per heavy atom. The van der Waals surface area contributed by atoms with E-state index in [0.29, 0.717) is 38.2 Å². The van der Waals surface area contributed by atoms with E-state index in [4.69, 9.17) is 9.47 Å². The molecular formula is C22H29N3O5. The number of esters is 2. The molecule has 162 valence electrons. The number of nitrogens with one attached hydrogen (secondary N) is 2. The van der Waals surface area contributed by atoms with Gasteiger partial charge in [-0.25, -0.2) is 4.79 Å². The number of benzene rings is 1. The zero-order valence-electron chi connectivity index (χ0n) is 17.9. The number of methoxy groups -OCH3 is 1. The molecule has 8 heteroatoms. The molecule has 2 N–H and O–H groups in total. The van der Waals surface area contributed by atoms with Crippen LogP contribution >= 0.6 is 0 Å². The normalized spacial score (nSPS) is 16.3. The Morgan fingerprint density at radius 1 is 1.27 bits per heavy atom. The molecule has 0 bridgehead atoms. The fourth-order valence-corrected chi connectivity index (χ4v) is 3.87. The number of fused-ring (bicyclic) bond motifs is 1. The Morgan fingerprint density at radius 3 is 2.60 bits per heavy atom. The Balaban J connectivity index is 1.74. The number of nitrogens with zero attached hydrogens (tertiary/aromatic N) is 1. The first-order valence-electron chi connectivity index (χ1n) is 10.3. The predicted octanol–water partition coefficient (Wildman–Crippen LogP) is 2.87. The lowest BCUT2D eigenvalue weighted by molar-refractivity contribution is -0.149. The molecule has 2 heterocycles. The molecule has 2 aromatic rings. The second-order valence-corrected chi connectivity index (χ2v) is 7.64. The van der Waals surface area contributed by atoms with Crippen molar-refractivity contribution in [2.24, 2.45) is 5.92 Å². The van der Waals surface area contributed by atoms with Crippen LogP contribution < -0.4 is 5.32 Å². The van der Waals surface area contributed by atoms with Crippen molar-refractivity contribution in [2.45, 2.75) is 39.7 Å². The number of ether oxygens (including phenoxy) is 2. The van der Waals surface area contributed by atoms with Gasteiger partial charge in [-0.2, -0.15) is 0 Å². The molecule has 3 rings (SSSR count). The molecule has 0 spiro atoms. The number of aryl methyl sites for hydroxylation is 1. The van der Waals surface area contributed by atoms with Crippen LogP contribution in [0, 0.1) is 12.8 Å². The van der Waals surface area contributed by atoms with Gasteiger partial charge in [-0.05, 0) is 58.8 Å². The van der Waals surface area contributed by atoms with E-state index in [0.717, 1.165) is 16.5 Å². The summed E-state index contributed by atoms with van der Waals surface area (Å²) < 4.78 is 9.98. The molecule has 1 saturated heterocycles. The lowest BCUT2D eigenvalue weighted by Crippen LogP contribution is -2.47. The largest absolute Gasteiger partial charge is 0.466 e. The maximum Gasteiger partial charge on any atom is 0.356 e. The molecule has 0 aliphatic carbocycles. The SMILES string of the molecule is CCOC(=O)C1CCN([C@H](C)C(=O)Nc2c(C(=O)OC)[nH]c3ccc(C)cc23)CC1. The summed E-state index contributed by atoms with van der Waals surface area (Å²) in [4.78, 5) is 42.3. The molecule has 1 fully saturated rings. The second kappa shape index (κ2) is 9.30. The van der Waals surface area contributed by atoms with Gasteiger partial charge in [0, 0.05) is 10.9 Å². The number of anilines is 1. The fourth-order valence-electron chi connectivity index (χ4n) is 3.87. The predicted molar refractivity (Wildman–Crippen MR) is 113 cm³/mol. The van der Waals surface area contributed by atoms with Gasteiger partial charge >= 0.3 is 11.9 Å². The van der Waals surface area contributed by atoms with E-state index < -0.39 is 12.0 Å². The van der Waals surface area contributed by atoms with Crippen LogP contribution in [0.5, 0.6) is 0 Å². The van der Waals surface area contributed by atoms with Gasteiger partial charge in [-0.15, -0.1) is 0 Å². The number of rotatable bonds is 6. The lowest BCUT2D eigenvalue weighted by atomic mass is 9.96. The number of piperidine rings is 1. The number of H-pyrrole nitrogens is 1. The first kappa shape index (κ1) is 21.8. The highest BCUT2D eigenvalue weighted by Crippen LogP contribution is 2.30. The summed E-state index contributed by atoms with van der Waals surface area (Å²) in [6, 6.07) is 5.31. The number of aromatic nitrogens is 1. The Hall–Kier alpha value is -2.87. The van der Waals surface area contributed by atoms with E-state index in [1.807, 2.05) is 36.9 Å². The molecule has 1 atom stereocenters. The van der Waals surface area contributed by atoms with Crippen LogP contribution in [0.1, 0.15) is 42.7 Å². The minimum atomic E-state index is -0.540. The molecule has 0 saturated carbocycles. The second-order valence-electron chi connectivity index (χ2n) is 7.64. The molecule has 1 aliphatic rings. The van der Waals surface area contributed by atoms with Crippen molar-refractivity contribution in [2.75, 3.05) is 32.1 Å². The number of carbonyl (C=O) groups is 3. The number of hydrogen-bond acceptors (Lipinski definition) is 6. The highest BCUT2D eigenvalue weighted by molar-refractivity contribution is 6.11. The topological polar surface area (TPSA) is 101 Å². The molecule has 0 unspecified atom stereocenters. The van der Waals surface area contributed by atoms with Gasteiger partial charge in [0.1, 0.15) is 5.69 Å². The third kappa shape index (κ3) is 4.48. The summed E-state index contributed by atoms with van der Waals surface area (Å²) in [7, 11) is 1.31. The van der Waals surface area contributed by atoms with Gasteiger partial charge in [0.05, 0.1) is 31.4 Å². The summed E-state index contributed by atoms with van der Waals surface area (Å²) >= 11 is 0. The third-order valence-electron chi connectivity index (χ3n) is 5.67. The van der Waals surface area contributed by atoms with Crippen molar-refractivity contribution in [1.82, 2.24) is 9.88 Å². The van der Waals surface area contributed by atoms with Gasteiger partial charge in [0.15, 0.2) is 0 Å². The maximum absolute atomic E-state index is 13.0. The van der Waals surface area contributed by atoms with E-state index in [1.165, 1.54) is 7.11 Å². The minimum Gasteiger partial charge on any atom is -0.466 e. The molecule has 1 aromatic carbocycles. The van der Waals surface area contributed by atoms with E-state index in [-0.39, 0.29) is 23.5 Å². The smallest absolute Gasteiger partial charge is 0.356 e. The van der Waals surface area contributed by atoms with E-state index >= 15 is 0 Å². The van der Waals surface area contributed by atoms with Crippen LogP contribution in [-0.4, -0.2) is 60.6 Å². The van der Waals surface area contributed by atoms with E-state index in [2.05, 4.69) is 10.3 Å². The zero-order valence-corrected chi connectivity index (χ0v) is 17.9. The molecule has 1 aromatic heterocycles. The Labute approximate surface area is 175 Å². The monoisotopic (exact) mass is 415 g/mol. The van der Waals surface area contributed by atoms with E-state index in [1.54, 1.807) is 6.92 Å². The molecule has 1 aliphatic heterocycles. The quantitative estimate of drug-likeness (QED) is 0.704. The number of hydrogen-bond donors (Lipinski definition) is 2. The summed E-state index contributed by atoms with van der Waals surface area (Å²) in [5.41, 5.74) is 2.42. The van der Waals surface area contributed by atoms with Gasteiger partial charge in [0.2, 0.25) is 5.91 Å². The van der Waals surface area contributed by atoms with Crippen LogP contribution in [0.2, 0.25) is 0 Å². The van der Waals surface area contributed by atoms with Crippen LogP contribution in [-0.2, 0) is 19.1 Å². The fraction of sp³-hybridized carbons (Fsp3) is 0.500. The van der Waals surface area contributed by atoms with Crippen molar-refractivity contribution in [3.05, 3.63) is 29.5 Å². The zero-order chi connectivity index (χ0) is 21.8. The Bertz CT molecular complexity index is 944. The van der Waals surface area contributed by atoms with Crippen LogP contribution in [0.15, 0.2) is 18.2 Å². The average molecular weight is 415 g/mol. The summed E-state index contributed by atoms with van der Waals surface area (Å²) in [6.45, 7) is 7.23. The van der Waals surface area contributed by atoms with Crippen LogP contribution in [0.3, 0.4) is 0 Å². The van der Waals surface area contributed by atoms with Gasteiger partial charge in [-0.3, -0.25) is 14.5 Å². The summed E-state index contributed by atoms with van der Waals surface area (Å²) in [5.74, 6) is -1.02. The Kier molecular flexibility index (Phi) is 6.77. The molecule has 1 amide bonds. The standard InChI is InChI=1S/C22H29N3O5/c1-5-30-21(27)15-8-10-25(11-9-15)14(3)20(26)24-18-16-12-13(2)6-7-17(16)23-19(18)22(28)29-4/h6-7,12,14-15,23H,5,8-11H2,1-4H3,(H,24,26)/t14-/m1/s1. The van der Waals surface area contributed by atoms with Gasteiger partial charge in [0.25, 0.3) is 0 Å². The number of aromatic amines is 1. The van der Waals surface area contributed by atoms with Crippen LogP contribution in [0.4, 0.5) is 5.69 Å².